The Morgan fingerprint density at radius 1 is 1.56 bits per heavy atom. The van der Waals surface area contributed by atoms with Gasteiger partial charge in [-0.2, -0.15) is 0 Å². The largest absolute Gasteiger partial charge is 0.353 e. The Labute approximate surface area is 108 Å². The molecule has 0 aromatic carbocycles. The van der Waals surface area contributed by atoms with Crippen molar-refractivity contribution in [2.24, 2.45) is 16.8 Å². The smallest absolute Gasteiger partial charge is 0.220 e. The van der Waals surface area contributed by atoms with Crippen molar-refractivity contribution in [2.75, 3.05) is 13.1 Å². The maximum Gasteiger partial charge on any atom is 0.220 e. The molecule has 4 N–H and O–H groups in total. The second-order valence-electron chi connectivity index (χ2n) is 5.40. The van der Waals surface area contributed by atoms with Crippen LogP contribution in [-0.2, 0) is 4.79 Å². The number of hydrogen-bond acceptors (Lipinski definition) is 3. The van der Waals surface area contributed by atoms with Gasteiger partial charge in [0.15, 0.2) is 0 Å². The molecule has 0 saturated carbocycles. The molecule has 2 fully saturated rings. The van der Waals surface area contributed by atoms with Crippen LogP contribution in [0.5, 0.6) is 0 Å². The van der Waals surface area contributed by atoms with Crippen molar-refractivity contribution >= 4 is 11.9 Å². The number of nitrogens with zero attached hydrogens (tertiary/aromatic N) is 2. The van der Waals surface area contributed by atoms with Crippen molar-refractivity contribution in [1.82, 2.24) is 15.6 Å². The first-order valence-corrected chi connectivity index (χ1v) is 6.69. The van der Waals surface area contributed by atoms with Crippen LogP contribution >= 0.6 is 0 Å². The molecule has 1 amide bonds. The van der Waals surface area contributed by atoms with E-state index in [4.69, 9.17) is 5.84 Å². The van der Waals surface area contributed by atoms with Crippen LogP contribution in [0, 0.1) is 5.92 Å². The number of aliphatic imine (C=N–C) groups is 1. The molecule has 2 unspecified atom stereocenters. The maximum absolute atomic E-state index is 11.4. The summed E-state index contributed by atoms with van der Waals surface area (Å²) in [5.74, 6) is 7.02. The number of hydrazine groups is 1. The number of fused-ring (bicyclic) bond motifs is 1. The monoisotopic (exact) mass is 253 g/mol. The van der Waals surface area contributed by atoms with E-state index in [9.17, 15) is 4.79 Å². The molecule has 2 atom stereocenters. The summed E-state index contributed by atoms with van der Waals surface area (Å²) < 4.78 is 0. The first-order valence-electron chi connectivity index (χ1n) is 6.69. The average molecular weight is 253 g/mol. The fraction of sp³-hybridized carbons (Fsp3) is 0.833. The molecule has 2 saturated heterocycles. The second-order valence-corrected chi connectivity index (χ2v) is 5.40. The van der Waals surface area contributed by atoms with Crippen molar-refractivity contribution in [3.63, 3.8) is 0 Å². The van der Waals surface area contributed by atoms with E-state index < -0.39 is 0 Å². The molecule has 6 heteroatoms. The highest BCUT2D eigenvalue weighted by Crippen LogP contribution is 2.25. The molecule has 2 aliphatic heterocycles. The van der Waals surface area contributed by atoms with E-state index >= 15 is 0 Å². The molecule has 6 nitrogen and oxygen atoms in total. The van der Waals surface area contributed by atoms with Gasteiger partial charge in [0.1, 0.15) is 0 Å². The number of rotatable bonds is 1. The minimum atomic E-state index is 0.192. The van der Waals surface area contributed by atoms with E-state index in [1.165, 1.54) is 0 Å². The molecule has 102 valence electrons. The Kier molecular flexibility index (Phi) is 4.06. The van der Waals surface area contributed by atoms with Crippen LogP contribution in [0.15, 0.2) is 4.99 Å². The van der Waals surface area contributed by atoms with Crippen LogP contribution in [0.25, 0.3) is 0 Å². The standard InChI is InChI=1S/C12H23N5O/c1-8(2)14-12(16-13)17-6-5-10-9(7-17)3-4-11(18)15-10/h8-10H,3-7,13H2,1-2H3,(H,14,16)(H,15,18). The normalized spacial score (nSPS) is 29.0. The van der Waals surface area contributed by atoms with Gasteiger partial charge in [-0.25, -0.2) is 10.8 Å². The summed E-state index contributed by atoms with van der Waals surface area (Å²) >= 11 is 0. The molecule has 2 heterocycles. The first-order chi connectivity index (χ1) is 8.60. The lowest BCUT2D eigenvalue weighted by Gasteiger charge is -2.42. The average Bonchev–Trinajstić information content (AvgIpc) is 2.35. The van der Waals surface area contributed by atoms with E-state index in [0.29, 0.717) is 18.4 Å². The molecular formula is C12H23N5O. The SMILES string of the molecule is CC(C)N=C(NN)N1CCC2NC(=O)CCC2C1. The van der Waals surface area contributed by atoms with Gasteiger partial charge in [-0.15, -0.1) is 0 Å². The Balaban J connectivity index is 2.00. The zero-order chi connectivity index (χ0) is 13.1. The maximum atomic E-state index is 11.4. The third-order valence-electron chi connectivity index (χ3n) is 3.63. The van der Waals surface area contributed by atoms with E-state index in [1.807, 2.05) is 13.8 Å². The van der Waals surface area contributed by atoms with Crippen molar-refractivity contribution in [2.45, 2.75) is 45.2 Å². The highest BCUT2D eigenvalue weighted by molar-refractivity contribution is 5.80. The lowest BCUT2D eigenvalue weighted by molar-refractivity contribution is -0.125. The molecule has 0 radical (unpaired) electrons. The predicted molar refractivity (Wildman–Crippen MR) is 70.7 cm³/mol. The number of carbonyl (C=O) groups is 1. The van der Waals surface area contributed by atoms with Gasteiger partial charge in [0, 0.05) is 31.6 Å². The van der Waals surface area contributed by atoms with Crippen LogP contribution in [0.4, 0.5) is 0 Å². The van der Waals surface area contributed by atoms with Crippen molar-refractivity contribution in [3.05, 3.63) is 0 Å². The summed E-state index contributed by atoms with van der Waals surface area (Å²) in [6, 6.07) is 0.556. The van der Waals surface area contributed by atoms with Gasteiger partial charge in [-0.1, -0.05) is 0 Å². The molecular weight excluding hydrogens is 230 g/mol. The summed E-state index contributed by atoms with van der Waals surface area (Å²) in [7, 11) is 0. The summed E-state index contributed by atoms with van der Waals surface area (Å²) in [6.45, 7) is 5.87. The lowest BCUT2D eigenvalue weighted by Crippen LogP contribution is -2.57. The van der Waals surface area contributed by atoms with Crippen molar-refractivity contribution in [1.29, 1.82) is 0 Å². The molecule has 18 heavy (non-hydrogen) atoms. The zero-order valence-electron chi connectivity index (χ0n) is 11.1. The van der Waals surface area contributed by atoms with Gasteiger partial charge < -0.3 is 10.2 Å². The highest BCUT2D eigenvalue weighted by atomic mass is 16.1. The molecule has 0 aromatic rings. The molecule has 0 spiro atoms. The third kappa shape index (κ3) is 2.93. The van der Waals surface area contributed by atoms with E-state index in [-0.39, 0.29) is 11.9 Å². The first kappa shape index (κ1) is 13.1. The number of nitrogens with two attached hydrogens (primary N) is 1. The van der Waals surface area contributed by atoms with Crippen molar-refractivity contribution in [3.8, 4) is 0 Å². The van der Waals surface area contributed by atoms with Crippen LogP contribution in [-0.4, -0.2) is 41.9 Å². The van der Waals surface area contributed by atoms with E-state index in [0.717, 1.165) is 31.9 Å². The Hall–Kier alpha value is -1.30. The van der Waals surface area contributed by atoms with Gasteiger partial charge in [0.2, 0.25) is 11.9 Å². The van der Waals surface area contributed by atoms with Crippen LogP contribution < -0.4 is 16.6 Å². The minimum absolute atomic E-state index is 0.192. The molecule has 0 aromatic heterocycles. The summed E-state index contributed by atoms with van der Waals surface area (Å²) in [5.41, 5.74) is 2.70. The summed E-state index contributed by atoms with van der Waals surface area (Å²) in [5, 5.41) is 3.08. The van der Waals surface area contributed by atoms with Gasteiger partial charge in [0.05, 0.1) is 0 Å². The van der Waals surface area contributed by atoms with Gasteiger partial charge in [-0.05, 0) is 32.6 Å². The fourth-order valence-corrected chi connectivity index (χ4v) is 2.76. The number of guanidine groups is 1. The summed E-state index contributed by atoms with van der Waals surface area (Å²) in [6.07, 6.45) is 2.57. The molecule has 2 aliphatic rings. The van der Waals surface area contributed by atoms with Gasteiger partial charge >= 0.3 is 0 Å². The van der Waals surface area contributed by atoms with Gasteiger partial charge in [0.25, 0.3) is 0 Å². The molecule has 0 bridgehead atoms. The van der Waals surface area contributed by atoms with Gasteiger partial charge in [-0.3, -0.25) is 10.2 Å². The molecule has 2 rings (SSSR count). The van der Waals surface area contributed by atoms with Crippen LogP contribution in [0.3, 0.4) is 0 Å². The van der Waals surface area contributed by atoms with Crippen molar-refractivity contribution < 1.29 is 4.79 Å². The predicted octanol–water partition coefficient (Wildman–Crippen LogP) is -0.185. The minimum Gasteiger partial charge on any atom is -0.353 e. The third-order valence-corrected chi connectivity index (χ3v) is 3.63. The topological polar surface area (TPSA) is 82.8 Å². The Bertz CT molecular complexity index is 341. The van der Waals surface area contributed by atoms with E-state index in [2.05, 4.69) is 20.6 Å². The second kappa shape index (κ2) is 5.56. The van der Waals surface area contributed by atoms with E-state index in [1.54, 1.807) is 0 Å². The Morgan fingerprint density at radius 3 is 3.00 bits per heavy atom. The number of carbonyl (C=O) groups excluding carboxylic acids is 1. The lowest BCUT2D eigenvalue weighted by atomic mass is 9.85. The zero-order valence-corrected chi connectivity index (χ0v) is 11.1. The Morgan fingerprint density at radius 2 is 2.33 bits per heavy atom. The van der Waals surface area contributed by atoms with Crippen LogP contribution in [0.1, 0.15) is 33.1 Å². The van der Waals surface area contributed by atoms with Crippen LogP contribution in [0.2, 0.25) is 0 Å². The number of likely N-dealkylation sites (tertiary alicyclic amines) is 1. The number of piperidine rings is 2. The highest BCUT2D eigenvalue weighted by Gasteiger charge is 2.34. The summed E-state index contributed by atoms with van der Waals surface area (Å²) in [4.78, 5) is 18.0. The quantitative estimate of drug-likeness (QED) is 0.262. The number of amides is 1. The molecule has 0 aliphatic carbocycles. The fourth-order valence-electron chi connectivity index (χ4n) is 2.76. The number of hydrogen-bond donors (Lipinski definition) is 3. The number of nitrogens with one attached hydrogen (secondary N) is 2.